The van der Waals surface area contributed by atoms with E-state index in [4.69, 9.17) is 9.26 Å². The van der Waals surface area contributed by atoms with E-state index in [2.05, 4.69) is 15.4 Å². The van der Waals surface area contributed by atoms with Crippen molar-refractivity contribution in [3.63, 3.8) is 0 Å². The summed E-state index contributed by atoms with van der Waals surface area (Å²) >= 11 is 0. The lowest BCUT2D eigenvalue weighted by molar-refractivity contribution is -0.142. The Hall–Kier alpha value is -4.32. The lowest BCUT2D eigenvalue weighted by Crippen LogP contribution is -2.36. The fourth-order valence-electron chi connectivity index (χ4n) is 3.97. The zero-order valence-corrected chi connectivity index (χ0v) is 18.6. The van der Waals surface area contributed by atoms with Crippen LogP contribution < -0.4 is 10.2 Å². The summed E-state index contributed by atoms with van der Waals surface area (Å²) in [5.74, 6) is -0.797. The number of benzene rings is 2. The lowest BCUT2D eigenvalue weighted by atomic mass is 9.96. The van der Waals surface area contributed by atoms with Crippen LogP contribution in [-0.4, -0.2) is 35.4 Å². The molecule has 4 rings (SSSR count). The third kappa shape index (κ3) is 5.02. The van der Waals surface area contributed by atoms with Crippen LogP contribution in [0.15, 0.2) is 59.1 Å². The molecule has 1 atom stereocenters. The number of aliphatic carboxylic acids is 1. The van der Waals surface area contributed by atoms with Crippen LogP contribution in [-0.2, 0) is 9.53 Å². The van der Waals surface area contributed by atoms with E-state index in [0.29, 0.717) is 31.5 Å². The quantitative estimate of drug-likeness (QED) is 0.535. The van der Waals surface area contributed by atoms with Crippen molar-refractivity contribution in [2.75, 3.05) is 23.3 Å². The number of hydrogen-bond donors (Lipinski definition) is 2. The number of nitrogens with one attached hydrogen (secondary N) is 1. The second-order valence-electron chi connectivity index (χ2n) is 8.08. The molecule has 0 bridgehead atoms. The molecule has 2 N–H and O–H groups in total. The van der Waals surface area contributed by atoms with Crippen LogP contribution in [0.2, 0.25) is 0 Å². The number of carboxylic acid groups (broad SMARTS) is 1. The molecule has 1 fully saturated rings. The maximum absolute atomic E-state index is 12.5. The second-order valence-corrected chi connectivity index (χ2v) is 8.08. The average molecular weight is 460 g/mol. The van der Waals surface area contributed by atoms with Gasteiger partial charge in [0.15, 0.2) is 5.76 Å². The summed E-state index contributed by atoms with van der Waals surface area (Å²) in [7, 11) is 0. The van der Waals surface area contributed by atoms with Crippen LogP contribution in [0.4, 0.5) is 16.2 Å². The van der Waals surface area contributed by atoms with Gasteiger partial charge in [0.1, 0.15) is 17.9 Å². The number of carbonyl (C=O) groups is 2. The molecular weight excluding hydrogens is 436 g/mol. The van der Waals surface area contributed by atoms with Gasteiger partial charge in [0, 0.05) is 24.3 Å². The summed E-state index contributed by atoms with van der Waals surface area (Å²) in [5, 5.41) is 25.0. The summed E-state index contributed by atoms with van der Waals surface area (Å²) in [6.07, 6.45) is -0.0141. The first-order chi connectivity index (χ1) is 16.5. The minimum atomic E-state index is -0.745. The maximum Gasteiger partial charge on any atom is 0.412 e. The number of rotatable bonds is 6. The standard InChI is InChI=1S/C25H24N4O5/c1-16(17-5-3-2-4-6-17)33-25(32)27-22-21(15-26)28-34-23(22)18-7-9-20(10-8-18)29-13-11-19(12-14-29)24(30)31/h2-10,16,19H,11-14H2,1H3,(H,27,32)(H,30,31). The minimum absolute atomic E-state index is 0.0564. The highest BCUT2D eigenvalue weighted by atomic mass is 16.6. The normalized spacial score (nSPS) is 14.8. The van der Waals surface area contributed by atoms with E-state index < -0.39 is 18.2 Å². The molecule has 0 spiro atoms. The SMILES string of the molecule is CC(OC(=O)Nc1c(C#N)noc1-c1ccc(N2CCC(C(=O)O)CC2)cc1)c1ccccc1. The number of piperidine rings is 1. The Morgan fingerprint density at radius 1 is 1.18 bits per heavy atom. The van der Waals surface area contributed by atoms with Crippen molar-refractivity contribution in [1.82, 2.24) is 5.16 Å². The number of ether oxygens (including phenoxy) is 1. The molecule has 0 saturated carbocycles. The Labute approximate surface area is 196 Å². The summed E-state index contributed by atoms with van der Waals surface area (Å²) in [6, 6.07) is 18.6. The Morgan fingerprint density at radius 2 is 1.85 bits per heavy atom. The minimum Gasteiger partial charge on any atom is -0.481 e. The predicted octanol–water partition coefficient (Wildman–Crippen LogP) is 4.82. The van der Waals surface area contributed by atoms with Crippen molar-refractivity contribution in [3.8, 4) is 17.4 Å². The van der Waals surface area contributed by atoms with Crippen LogP contribution in [0.25, 0.3) is 11.3 Å². The molecule has 1 aliphatic rings. The first-order valence-electron chi connectivity index (χ1n) is 11.0. The van der Waals surface area contributed by atoms with Gasteiger partial charge in [-0.3, -0.25) is 10.1 Å². The van der Waals surface area contributed by atoms with Crippen molar-refractivity contribution in [2.45, 2.75) is 25.9 Å². The van der Waals surface area contributed by atoms with Crippen molar-refractivity contribution < 1.29 is 24.0 Å². The average Bonchev–Trinajstić information content (AvgIpc) is 3.27. The molecule has 0 radical (unpaired) electrons. The number of aromatic nitrogens is 1. The highest BCUT2D eigenvalue weighted by Gasteiger charge is 2.25. The van der Waals surface area contributed by atoms with Gasteiger partial charge in [-0.1, -0.05) is 35.5 Å². The fourth-order valence-corrected chi connectivity index (χ4v) is 3.97. The summed E-state index contributed by atoms with van der Waals surface area (Å²) < 4.78 is 10.8. The number of nitriles is 1. The van der Waals surface area contributed by atoms with Crippen molar-refractivity contribution >= 4 is 23.4 Å². The van der Waals surface area contributed by atoms with Crippen molar-refractivity contribution in [2.24, 2.45) is 5.92 Å². The van der Waals surface area contributed by atoms with Crippen molar-refractivity contribution in [3.05, 3.63) is 65.9 Å². The Bertz CT molecular complexity index is 1190. The lowest BCUT2D eigenvalue weighted by Gasteiger charge is -2.32. The molecule has 1 amide bonds. The number of anilines is 2. The molecule has 9 heteroatoms. The zero-order chi connectivity index (χ0) is 24.1. The third-order valence-corrected chi connectivity index (χ3v) is 5.92. The molecule has 1 aliphatic heterocycles. The van der Waals surface area contributed by atoms with Crippen molar-refractivity contribution in [1.29, 1.82) is 5.26 Å². The summed E-state index contributed by atoms with van der Waals surface area (Å²) in [5.41, 5.74) is 2.51. The van der Waals surface area contributed by atoms with E-state index in [9.17, 15) is 20.0 Å². The topological polar surface area (TPSA) is 129 Å². The van der Waals surface area contributed by atoms with E-state index in [-0.39, 0.29) is 23.1 Å². The van der Waals surface area contributed by atoms with Crippen LogP contribution in [0.1, 0.15) is 37.1 Å². The first-order valence-corrected chi connectivity index (χ1v) is 11.0. The van der Waals surface area contributed by atoms with Gasteiger partial charge in [0.2, 0.25) is 5.69 Å². The van der Waals surface area contributed by atoms with Crippen LogP contribution in [0, 0.1) is 17.2 Å². The molecule has 1 unspecified atom stereocenters. The van der Waals surface area contributed by atoms with Gasteiger partial charge in [-0.05, 0) is 49.6 Å². The number of amides is 1. The highest BCUT2D eigenvalue weighted by Crippen LogP contribution is 2.33. The molecule has 174 valence electrons. The van der Waals surface area contributed by atoms with Crippen LogP contribution in [0.3, 0.4) is 0 Å². The predicted molar refractivity (Wildman–Crippen MR) is 124 cm³/mol. The number of hydrogen-bond acceptors (Lipinski definition) is 7. The summed E-state index contributed by atoms with van der Waals surface area (Å²) in [6.45, 7) is 3.08. The molecule has 3 aromatic rings. The van der Waals surface area contributed by atoms with Gasteiger partial charge < -0.3 is 19.3 Å². The van der Waals surface area contributed by atoms with Gasteiger partial charge in [0.05, 0.1) is 5.92 Å². The number of carbonyl (C=O) groups excluding carboxylic acids is 1. The Balaban J connectivity index is 1.47. The van der Waals surface area contributed by atoms with Gasteiger partial charge in [-0.15, -0.1) is 0 Å². The van der Waals surface area contributed by atoms with Gasteiger partial charge in [0.25, 0.3) is 0 Å². The molecule has 1 saturated heterocycles. The molecule has 2 heterocycles. The van der Waals surface area contributed by atoms with Gasteiger partial charge >= 0.3 is 12.1 Å². The summed E-state index contributed by atoms with van der Waals surface area (Å²) in [4.78, 5) is 25.8. The van der Waals surface area contributed by atoms with E-state index in [1.54, 1.807) is 6.92 Å². The van der Waals surface area contributed by atoms with Crippen LogP contribution >= 0.6 is 0 Å². The third-order valence-electron chi connectivity index (χ3n) is 5.92. The molecular formula is C25H24N4O5. The smallest absolute Gasteiger partial charge is 0.412 e. The fraction of sp³-hybridized carbons (Fsp3) is 0.280. The molecule has 34 heavy (non-hydrogen) atoms. The highest BCUT2D eigenvalue weighted by molar-refractivity contribution is 5.92. The van der Waals surface area contributed by atoms with Crippen LogP contribution in [0.5, 0.6) is 0 Å². The monoisotopic (exact) mass is 460 g/mol. The van der Waals surface area contributed by atoms with Gasteiger partial charge in [-0.2, -0.15) is 5.26 Å². The second kappa shape index (κ2) is 10.1. The van der Waals surface area contributed by atoms with E-state index >= 15 is 0 Å². The molecule has 0 aliphatic carbocycles. The number of carboxylic acids is 1. The van der Waals surface area contributed by atoms with Gasteiger partial charge in [-0.25, -0.2) is 4.79 Å². The maximum atomic E-state index is 12.5. The Morgan fingerprint density at radius 3 is 2.47 bits per heavy atom. The zero-order valence-electron chi connectivity index (χ0n) is 18.6. The number of nitrogens with zero attached hydrogens (tertiary/aromatic N) is 3. The molecule has 2 aromatic carbocycles. The van der Waals surface area contributed by atoms with E-state index in [1.165, 1.54) is 0 Å². The molecule has 1 aromatic heterocycles. The van der Waals surface area contributed by atoms with E-state index in [1.807, 2.05) is 60.7 Å². The molecule has 9 nitrogen and oxygen atoms in total. The Kier molecular flexibility index (Phi) is 6.78. The van der Waals surface area contributed by atoms with E-state index in [0.717, 1.165) is 11.3 Å². The largest absolute Gasteiger partial charge is 0.481 e. The first kappa shape index (κ1) is 22.9.